The van der Waals surface area contributed by atoms with E-state index in [4.69, 9.17) is 0 Å². The molecular weight excluding hydrogens is 470 g/mol. The molecule has 0 saturated heterocycles. The third-order valence-corrected chi connectivity index (χ3v) is 9.36. The van der Waals surface area contributed by atoms with Gasteiger partial charge in [0.25, 0.3) is 0 Å². The van der Waals surface area contributed by atoms with E-state index < -0.39 is 0 Å². The van der Waals surface area contributed by atoms with E-state index in [0.29, 0.717) is 0 Å². The lowest BCUT2D eigenvalue weighted by atomic mass is 9.67. The number of nitrogens with zero attached hydrogens (tertiary/aromatic N) is 1. The van der Waals surface area contributed by atoms with Gasteiger partial charge < -0.3 is 4.90 Å². The first-order valence-electron chi connectivity index (χ1n) is 16.2. The van der Waals surface area contributed by atoms with Crippen LogP contribution in [0.4, 0.5) is 5.69 Å². The average Bonchev–Trinajstić information content (AvgIpc) is 2.95. The fraction of sp³-hybridized carbons (Fsp3) is 0.632. The van der Waals surface area contributed by atoms with E-state index in [1.807, 2.05) is 27.7 Å². The molecule has 0 heterocycles. The van der Waals surface area contributed by atoms with Crippen LogP contribution in [0.5, 0.6) is 0 Å². The molecule has 1 saturated carbocycles. The average molecular weight is 534 g/mol. The van der Waals surface area contributed by atoms with E-state index in [1.54, 1.807) is 11.1 Å². The predicted octanol–water partition coefficient (Wildman–Crippen LogP) is 11.6. The Morgan fingerprint density at radius 1 is 0.872 bits per heavy atom. The van der Waals surface area contributed by atoms with Gasteiger partial charge >= 0.3 is 0 Å². The van der Waals surface area contributed by atoms with Gasteiger partial charge in [-0.1, -0.05) is 91.3 Å². The minimum atomic E-state index is 0.115. The summed E-state index contributed by atoms with van der Waals surface area (Å²) in [6.45, 7) is 31.7. The van der Waals surface area contributed by atoms with Crippen molar-refractivity contribution < 1.29 is 0 Å². The van der Waals surface area contributed by atoms with Gasteiger partial charge in [-0.15, -0.1) is 13.2 Å². The molecule has 2 aliphatic carbocycles. The second kappa shape index (κ2) is 16.9. The van der Waals surface area contributed by atoms with Crippen LogP contribution in [-0.4, -0.2) is 6.54 Å². The SMILES string of the molecule is C=C.CC.CC.CCC1(N(CC2CCC2CC(C)C(C)C)c2cc(C)ccc2C)CCCc2cc(C)ccc21. The van der Waals surface area contributed by atoms with E-state index >= 15 is 0 Å². The van der Waals surface area contributed by atoms with Crippen LogP contribution in [0.2, 0.25) is 0 Å². The molecule has 2 aromatic rings. The molecule has 4 rings (SSSR count). The van der Waals surface area contributed by atoms with Gasteiger partial charge in [0.1, 0.15) is 0 Å². The third kappa shape index (κ3) is 8.25. The zero-order valence-electron chi connectivity index (χ0n) is 27.8. The smallest absolute Gasteiger partial charge is 0.0654 e. The molecule has 0 spiro atoms. The van der Waals surface area contributed by atoms with Crippen molar-refractivity contribution in [1.82, 2.24) is 0 Å². The molecular formula is C38H63N. The van der Waals surface area contributed by atoms with Gasteiger partial charge in [0, 0.05) is 12.2 Å². The van der Waals surface area contributed by atoms with Crippen LogP contribution < -0.4 is 4.90 Å². The summed E-state index contributed by atoms with van der Waals surface area (Å²) < 4.78 is 0. The molecule has 2 aromatic carbocycles. The Labute approximate surface area is 244 Å². The zero-order chi connectivity index (χ0) is 29.8. The highest BCUT2D eigenvalue weighted by Crippen LogP contribution is 2.49. The molecule has 1 nitrogen and oxygen atoms in total. The molecule has 0 amide bonds. The van der Waals surface area contributed by atoms with Crippen molar-refractivity contribution >= 4 is 5.69 Å². The summed E-state index contributed by atoms with van der Waals surface area (Å²) in [4.78, 5) is 2.90. The standard InChI is InChI=1S/C32H47N.2C2H6.C2H4/c1-8-32(17-9-10-28-18-23(4)12-16-30(28)32)33(31-19-24(5)11-13-25(31)6)21-29-15-14-27(29)20-26(7)22(2)3;3*1-2/h11-13,16,18-19,22,26-27,29H,8-10,14-15,17,20-21H2,1-7H3;2*1-2H3;1-2H2. The summed E-state index contributed by atoms with van der Waals surface area (Å²) in [6, 6.07) is 14.4. The second-order valence-electron chi connectivity index (χ2n) is 11.9. The van der Waals surface area contributed by atoms with Crippen LogP contribution in [0.25, 0.3) is 0 Å². The summed E-state index contributed by atoms with van der Waals surface area (Å²) >= 11 is 0. The number of anilines is 1. The lowest BCUT2D eigenvalue weighted by Gasteiger charge is -2.53. The van der Waals surface area contributed by atoms with Crippen molar-refractivity contribution in [2.24, 2.45) is 23.7 Å². The van der Waals surface area contributed by atoms with Crippen molar-refractivity contribution in [2.75, 3.05) is 11.4 Å². The van der Waals surface area contributed by atoms with Crippen molar-refractivity contribution in [3.05, 3.63) is 77.4 Å². The van der Waals surface area contributed by atoms with Crippen molar-refractivity contribution in [2.45, 2.75) is 127 Å². The van der Waals surface area contributed by atoms with Crippen LogP contribution >= 0.6 is 0 Å². The maximum Gasteiger partial charge on any atom is 0.0654 e. The minimum Gasteiger partial charge on any atom is -0.361 e. The Bertz CT molecular complexity index is 973. The molecule has 0 radical (unpaired) electrons. The van der Waals surface area contributed by atoms with Crippen LogP contribution in [0.3, 0.4) is 0 Å². The van der Waals surface area contributed by atoms with Gasteiger partial charge in [0.05, 0.1) is 5.54 Å². The monoisotopic (exact) mass is 533 g/mol. The van der Waals surface area contributed by atoms with Crippen LogP contribution in [-0.2, 0) is 12.0 Å². The van der Waals surface area contributed by atoms with E-state index in [2.05, 4.69) is 103 Å². The largest absolute Gasteiger partial charge is 0.361 e. The van der Waals surface area contributed by atoms with Gasteiger partial charge in [0.15, 0.2) is 0 Å². The molecule has 4 unspecified atom stereocenters. The zero-order valence-corrected chi connectivity index (χ0v) is 27.8. The quantitative estimate of drug-likeness (QED) is 0.305. The van der Waals surface area contributed by atoms with E-state index in [0.717, 1.165) is 23.7 Å². The Kier molecular flexibility index (Phi) is 15.2. The normalized spacial score (nSPS) is 21.9. The summed E-state index contributed by atoms with van der Waals surface area (Å²) in [5.41, 5.74) is 9.01. The maximum absolute atomic E-state index is 3.00. The molecule has 0 aromatic heterocycles. The van der Waals surface area contributed by atoms with Crippen molar-refractivity contribution in [1.29, 1.82) is 0 Å². The number of hydrogen-bond acceptors (Lipinski definition) is 1. The molecule has 4 atom stereocenters. The Morgan fingerprint density at radius 3 is 2.03 bits per heavy atom. The topological polar surface area (TPSA) is 3.24 Å². The first-order valence-corrected chi connectivity index (χ1v) is 16.2. The van der Waals surface area contributed by atoms with Crippen molar-refractivity contribution in [3.8, 4) is 0 Å². The van der Waals surface area contributed by atoms with Gasteiger partial charge in [0.2, 0.25) is 0 Å². The van der Waals surface area contributed by atoms with Crippen LogP contribution in [0.15, 0.2) is 49.6 Å². The first kappa shape index (κ1) is 35.0. The molecule has 0 aliphatic heterocycles. The van der Waals surface area contributed by atoms with Gasteiger partial charge in [-0.25, -0.2) is 0 Å². The molecule has 1 fully saturated rings. The molecule has 0 N–H and O–H groups in total. The molecule has 220 valence electrons. The van der Waals surface area contributed by atoms with Crippen LogP contribution in [0.1, 0.15) is 122 Å². The fourth-order valence-electron chi connectivity index (χ4n) is 6.61. The summed E-state index contributed by atoms with van der Waals surface area (Å²) in [6.07, 6.45) is 9.21. The summed E-state index contributed by atoms with van der Waals surface area (Å²) in [5, 5.41) is 0. The first-order chi connectivity index (χ1) is 18.7. The fourth-order valence-corrected chi connectivity index (χ4v) is 6.61. The summed E-state index contributed by atoms with van der Waals surface area (Å²) in [7, 11) is 0. The lowest BCUT2D eigenvalue weighted by molar-refractivity contribution is 0.126. The number of fused-ring (bicyclic) bond motifs is 1. The Hall–Kier alpha value is -2.02. The van der Waals surface area contributed by atoms with E-state index in [9.17, 15) is 0 Å². The van der Waals surface area contributed by atoms with Gasteiger partial charge in [-0.3, -0.25) is 0 Å². The Morgan fingerprint density at radius 2 is 1.46 bits per heavy atom. The third-order valence-electron chi connectivity index (χ3n) is 9.36. The number of benzene rings is 2. The number of hydrogen-bond donors (Lipinski definition) is 0. The predicted molar refractivity (Wildman–Crippen MR) is 178 cm³/mol. The summed E-state index contributed by atoms with van der Waals surface area (Å²) in [5.74, 6) is 3.33. The lowest BCUT2D eigenvalue weighted by Crippen LogP contribution is -2.52. The van der Waals surface area contributed by atoms with Gasteiger partial charge in [-0.05, 0) is 118 Å². The highest BCUT2D eigenvalue weighted by atomic mass is 15.2. The minimum absolute atomic E-state index is 0.115. The van der Waals surface area contributed by atoms with E-state index in [1.165, 1.54) is 73.9 Å². The van der Waals surface area contributed by atoms with Gasteiger partial charge in [-0.2, -0.15) is 0 Å². The molecule has 39 heavy (non-hydrogen) atoms. The van der Waals surface area contributed by atoms with E-state index in [-0.39, 0.29) is 5.54 Å². The molecule has 0 bridgehead atoms. The highest BCUT2D eigenvalue weighted by molar-refractivity contribution is 5.60. The highest BCUT2D eigenvalue weighted by Gasteiger charge is 2.44. The Balaban J connectivity index is 0.00000119. The van der Waals surface area contributed by atoms with Crippen LogP contribution in [0, 0.1) is 44.4 Å². The molecule has 2 aliphatic rings. The van der Waals surface area contributed by atoms with Crippen molar-refractivity contribution in [3.63, 3.8) is 0 Å². The maximum atomic E-state index is 3.00. The number of aryl methyl sites for hydroxylation is 4. The molecule has 1 heteroatoms. The second-order valence-corrected chi connectivity index (χ2v) is 11.9. The number of rotatable bonds is 8.